The minimum Gasteiger partial charge on any atom is -0.291 e. The summed E-state index contributed by atoms with van der Waals surface area (Å²) in [7, 11) is 0. The van der Waals surface area contributed by atoms with Crippen LogP contribution in [0.3, 0.4) is 0 Å². The molecule has 2 nitrogen and oxygen atoms in total. The Bertz CT molecular complexity index is 526. The van der Waals surface area contributed by atoms with Crippen LogP contribution in [0.5, 0.6) is 5.75 Å². The summed E-state index contributed by atoms with van der Waals surface area (Å²) < 4.78 is 25.8. The van der Waals surface area contributed by atoms with Crippen molar-refractivity contribution in [2.75, 3.05) is 0 Å². The van der Waals surface area contributed by atoms with Crippen molar-refractivity contribution in [2.45, 2.75) is 19.8 Å². The van der Waals surface area contributed by atoms with Crippen molar-refractivity contribution in [2.24, 2.45) is 0 Å². The van der Waals surface area contributed by atoms with E-state index in [1.807, 2.05) is 13.8 Å². The number of halogens is 2. The number of hydrogen-bond acceptors (Lipinski definition) is 2. The lowest BCUT2D eigenvalue weighted by molar-refractivity contribution is -0.00863. The molecule has 0 fully saturated rings. The fraction of sp³-hybridized carbons (Fsp3) is 0.250. The van der Waals surface area contributed by atoms with Gasteiger partial charge < -0.3 is 0 Å². The zero-order chi connectivity index (χ0) is 11.7. The van der Waals surface area contributed by atoms with Crippen LogP contribution in [0, 0.1) is 5.82 Å². The lowest BCUT2D eigenvalue weighted by atomic mass is 9.98. The molecule has 0 N–H and O–H groups in total. The summed E-state index contributed by atoms with van der Waals surface area (Å²) in [6, 6.07) is 2.73. The molecule has 0 amide bonds. The predicted molar refractivity (Wildman–Crippen MR) is 57.5 cm³/mol. The van der Waals surface area contributed by atoms with Gasteiger partial charge in [0.15, 0.2) is 5.82 Å². The third-order valence-electron chi connectivity index (χ3n) is 2.56. The molecule has 0 saturated carbocycles. The number of fused-ring (bicyclic) bond motifs is 1. The van der Waals surface area contributed by atoms with Crippen molar-refractivity contribution in [3.63, 3.8) is 0 Å². The van der Waals surface area contributed by atoms with E-state index in [1.54, 1.807) is 18.5 Å². The fourth-order valence-corrected chi connectivity index (χ4v) is 1.75. The molecule has 16 heavy (non-hydrogen) atoms. The van der Waals surface area contributed by atoms with Crippen LogP contribution in [-0.4, -0.2) is 4.98 Å². The third kappa shape index (κ3) is 1.60. The molecule has 0 saturated heterocycles. The highest BCUT2D eigenvalue weighted by atomic mass is 19.3. The van der Waals surface area contributed by atoms with Gasteiger partial charge in [-0.3, -0.25) is 9.93 Å². The number of pyridine rings is 1. The second kappa shape index (κ2) is 4.04. The molecule has 0 aliphatic carbocycles. The van der Waals surface area contributed by atoms with E-state index in [4.69, 9.17) is 0 Å². The van der Waals surface area contributed by atoms with Crippen LogP contribution < -0.4 is 4.94 Å². The average Bonchev–Trinajstić information content (AvgIpc) is 2.28. The first kappa shape index (κ1) is 10.8. The maximum absolute atomic E-state index is 13.4. The molecule has 4 heteroatoms. The van der Waals surface area contributed by atoms with Crippen molar-refractivity contribution >= 4 is 10.8 Å². The van der Waals surface area contributed by atoms with Crippen molar-refractivity contribution < 1.29 is 13.9 Å². The van der Waals surface area contributed by atoms with Crippen LogP contribution in [0.25, 0.3) is 10.8 Å². The van der Waals surface area contributed by atoms with Crippen molar-refractivity contribution in [1.82, 2.24) is 4.98 Å². The maximum Gasteiger partial charge on any atom is 0.215 e. The zero-order valence-electron chi connectivity index (χ0n) is 9.00. The van der Waals surface area contributed by atoms with E-state index in [1.165, 1.54) is 6.07 Å². The molecule has 1 aromatic heterocycles. The number of hydrogen-bond donors (Lipinski definition) is 0. The van der Waals surface area contributed by atoms with E-state index >= 15 is 0 Å². The molecule has 1 heterocycles. The molecule has 0 atom stereocenters. The quantitative estimate of drug-likeness (QED) is 0.773. The first-order chi connectivity index (χ1) is 7.65. The van der Waals surface area contributed by atoms with Gasteiger partial charge in [0, 0.05) is 27.7 Å². The summed E-state index contributed by atoms with van der Waals surface area (Å²) in [6.07, 6.45) is 3.16. The highest BCUT2D eigenvalue weighted by Gasteiger charge is 2.15. The minimum absolute atomic E-state index is 0.117. The summed E-state index contributed by atoms with van der Waals surface area (Å²) in [4.78, 5) is 7.68. The minimum atomic E-state index is -0.705. The Labute approximate surface area is 91.8 Å². The zero-order valence-corrected chi connectivity index (χ0v) is 9.00. The molecular weight excluding hydrogens is 212 g/mol. The SMILES string of the molecule is CC(C)c1cncc2ccc(F)c(OF)c12. The van der Waals surface area contributed by atoms with Crippen LogP contribution in [0.1, 0.15) is 25.3 Å². The number of nitrogens with zero attached hydrogens (tertiary/aromatic N) is 1. The first-order valence-corrected chi connectivity index (χ1v) is 5.00. The first-order valence-electron chi connectivity index (χ1n) is 5.00. The average molecular weight is 223 g/mol. The molecular formula is C12H11F2NO. The van der Waals surface area contributed by atoms with E-state index in [0.717, 1.165) is 5.56 Å². The van der Waals surface area contributed by atoms with E-state index in [2.05, 4.69) is 9.93 Å². The van der Waals surface area contributed by atoms with Gasteiger partial charge in [-0.1, -0.05) is 13.8 Å². The summed E-state index contributed by atoms with van der Waals surface area (Å²) >= 11 is 0. The van der Waals surface area contributed by atoms with Gasteiger partial charge in [-0.2, -0.15) is 0 Å². The summed E-state index contributed by atoms with van der Waals surface area (Å²) in [5.41, 5.74) is 0.768. The molecule has 0 spiro atoms. The predicted octanol–water partition coefficient (Wildman–Crippen LogP) is 3.76. The topological polar surface area (TPSA) is 22.1 Å². The smallest absolute Gasteiger partial charge is 0.215 e. The molecule has 84 valence electrons. The highest BCUT2D eigenvalue weighted by Crippen LogP contribution is 2.34. The van der Waals surface area contributed by atoms with Crippen LogP contribution in [0.2, 0.25) is 0 Å². The molecule has 0 aliphatic rings. The molecule has 2 aromatic rings. The van der Waals surface area contributed by atoms with Gasteiger partial charge in [0.05, 0.1) is 0 Å². The van der Waals surface area contributed by atoms with Crippen LogP contribution in [0.15, 0.2) is 24.5 Å². The van der Waals surface area contributed by atoms with Gasteiger partial charge in [0.1, 0.15) is 0 Å². The van der Waals surface area contributed by atoms with Gasteiger partial charge in [-0.15, -0.1) is 0 Å². The van der Waals surface area contributed by atoms with E-state index in [9.17, 15) is 8.92 Å². The Kier molecular flexibility index (Phi) is 2.73. The Morgan fingerprint density at radius 1 is 1.25 bits per heavy atom. The highest BCUT2D eigenvalue weighted by molar-refractivity contribution is 5.91. The Balaban J connectivity index is 2.87. The van der Waals surface area contributed by atoms with Crippen molar-refractivity contribution in [1.29, 1.82) is 0 Å². The van der Waals surface area contributed by atoms with Crippen LogP contribution >= 0.6 is 0 Å². The lowest BCUT2D eigenvalue weighted by Gasteiger charge is -2.11. The van der Waals surface area contributed by atoms with Gasteiger partial charge in [-0.25, -0.2) is 4.39 Å². The van der Waals surface area contributed by atoms with Crippen LogP contribution in [-0.2, 0) is 0 Å². The van der Waals surface area contributed by atoms with Gasteiger partial charge in [-0.05, 0) is 23.6 Å². The summed E-state index contributed by atoms with van der Waals surface area (Å²) in [5, 5.41) is 1.12. The van der Waals surface area contributed by atoms with Gasteiger partial charge in [0.2, 0.25) is 5.75 Å². The van der Waals surface area contributed by atoms with Crippen LogP contribution in [0.4, 0.5) is 8.92 Å². The Hall–Kier alpha value is -1.71. The maximum atomic E-state index is 13.4. The number of aromatic nitrogens is 1. The molecule has 0 radical (unpaired) electrons. The molecule has 0 bridgehead atoms. The Morgan fingerprint density at radius 3 is 2.62 bits per heavy atom. The molecule has 1 aromatic carbocycles. The molecule has 0 aliphatic heterocycles. The second-order valence-electron chi connectivity index (χ2n) is 3.94. The Morgan fingerprint density at radius 2 is 2.00 bits per heavy atom. The van der Waals surface area contributed by atoms with Gasteiger partial charge >= 0.3 is 0 Å². The standard InChI is InChI=1S/C12H11F2NO/c1-7(2)9-6-15-5-8-3-4-10(13)12(16-14)11(8)9/h3-7H,1-2H3. The summed E-state index contributed by atoms with van der Waals surface area (Å²) in [5.74, 6) is -0.946. The second-order valence-corrected chi connectivity index (χ2v) is 3.94. The van der Waals surface area contributed by atoms with E-state index in [-0.39, 0.29) is 11.7 Å². The van der Waals surface area contributed by atoms with E-state index in [0.29, 0.717) is 10.8 Å². The van der Waals surface area contributed by atoms with Crippen molar-refractivity contribution in [3.8, 4) is 5.75 Å². The normalized spacial score (nSPS) is 11.1. The third-order valence-corrected chi connectivity index (χ3v) is 2.56. The monoisotopic (exact) mass is 223 g/mol. The fourth-order valence-electron chi connectivity index (χ4n) is 1.75. The van der Waals surface area contributed by atoms with Gasteiger partial charge in [0.25, 0.3) is 0 Å². The largest absolute Gasteiger partial charge is 0.291 e. The van der Waals surface area contributed by atoms with E-state index < -0.39 is 5.82 Å². The number of rotatable bonds is 2. The number of benzene rings is 1. The molecule has 0 unspecified atom stereocenters. The molecule has 2 rings (SSSR count). The lowest BCUT2D eigenvalue weighted by Crippen LogP contribution is -1.95. The van der Waals surface area contributed by atoms with Crippen molar-refractivity contribution in [3.05, 3.63) is 35.9 Å². The summed E-state index contributed by atoms with van der Waals surface area (Å²) in [6.45, 7) is 3.87.